The third kappa shape index (κ3) is 5.21. The predicted octanol–water partition coefficient (Wildman–Crippen LogP) is 2.03. The number of hydrogen-bond acceptors (Lipinski definition) is 6. The third-order valence-corrected chi connectivity index (χ3v) is 6.36. The first-order valence-corrected chi connectivity index (χ1v) is 10.7. The first-order valence-electron chi connectivity index (χ1n) is 9.23. The van der Waals surface area contributed by atoms with Crippen LogP contribution in [0.3, 0.4) is 0 Å². The number of amides is 1. The van der Waals surface area contributed by atoms with E-state index in [1.807, 2.05) is 0 Å². The Kier molecular flexibility index (Phi) is 6.80. The molecule has 0 aliphatic carbocycles. The zero-order chi connectivity index (χ0) is 21.7. The van der Waals surface area contributed by atoms with Crippen LogP contribution < -0.4 is 5.32 Å². The topological polar surface area (TPSA) is 102 Å². The van der Waals surface area contributed by atoms with Crippen LogP contribution in [0.25, 0.3) is 0 Å². The Morgan fingerprint density at radius 2 is 1.80 bits per heavy atom. The number of sulfonamides is 1. The van der Waals surface area contributed by atoms with Gasteiger partial charge >= 0.3 is 5.97 Å². The van der Waals surface area contributed by atoms with Crippen molar-refractivity contribution < 1.29 is 31.9 Å². The average Bonchev–Trinajstić information content (AvgIpc) is 2.74. The minimum absolute atomic E-state index is 0.00711. The molecule has 10 heteroatoms. The lowest BCUT2D eigenvalue weighted by Crippen LogP contribution is -2.40. The molecule has 1 aliphatic rings. The largest absolute Gasteiger partial charge is 0.449 e. The summed E-state index contributed by atoms with van der Waals surface area (Å²) in [6.07, 6.45) is -1.14. The molecule has 1 amide bonds. The number of morpholine rings is 1. The number of anilines is 1. The normalized spacial score (nSPS) is 15.9. The number of nitrogens with one attached hydrogen (secondary N) is 1. The summed E-state index contributed by atoms with van der Waals surface area (Å²) >= 11 is 0. The molecule has 1 unspecified atom stereocenters. The zero-order valence-electron chi connectivity index (χ0n) is 16.2. The van der Waals surface area contributed by atoms with Crippen molar-refractivity contribution in [2.45, 2.75) is 17.9 Å². The van der Waals surface area contributed by atoms with Gasteiger partial charge in [-0.2, -0.15) is 4.31 Å². The van der Waals surface area contributed by atoms with Gasteiger partial charge in [0.2, 0.25) is 10.0 Å². The van der Waals surface area contributed by atoms with E-state index in [0.717, 1.165) is 6.07 Å². The second-order valence-corrected chi connectivity index (χ2v) is 8.53. The highest BCUT2D eigenvalue weighted by molar-refractivity contribution is 7.89. The number of nitrogens with zero attached hydrogens (tertiary/aromatic N) is 1. The van der Waals surface area contributed by atoms with E-state index in [-0.39, 0.29) is 23.5 Å². The highest BCUT2D eigenvalue weighted by Crippen LogP contribution is 2.19. The van der Waals surface area contributed by atoms with Crippen LogP contribution in [-0.2, 0) is 24.3 Å². The maximum atomic E-state index is 13.2. The van der Waals surface area contributed by atoms with Crippen LogP contribution in [0.15, 0.2) is 53.4 Å². The number of benzene rings is 2. The van der Waals surface area contributed by atoms with Gasteiger partial charge in [-0.05, 0) is 49.4 Å². The van der Waals surface area contributed by atoms with Gasteiger partial charge in [0.25, 0.3) is 5.91 Å². The minimum Gasteiger partial charge on any atom is -0.449 e. The number of ether oxygens (including phenoxy) is 2. The number of hydrogen-bond donors (Lipinski definition) is 1. The lowest BCUT2D eigenvalue weighted by molar-refractivity contribution is -0.123. The van der Waals surface area contributed by atoms with E-state index in [9.17, 15) is 22.4 Å². The van der Waals surface area contributed by atoms with Crippen molar-refractivity contribution >= 4 is 27.6 Å². The molecule has 30 heavy (non-hydrogen) atoms. The monoisotopic (exact) mass is 436 g/mol. The average molecular weight is 436 g/mol. The van der Waals surface area contributed by atoms with Crippen LogP contribution in [0.1, 0.15) is 17.3 Å². The number of carbonyl (C=O) groups is 2. The van der Waals surface area contributed by atoms with E-state index in [4.69, 9.17) is 9.47 Å². The Labute approximate surface area is 173 Å². The molecule has 2 aromatic rings. The molecule has 2 aromatic carbocycles. The van der Waals surface area contributed by atoms with Gasteiger partial charge in [-0.3, -0.25) is 4.79 Å². The molecule has 0 spiro atoms. The number of esters is 1. The van der Waals surface area contributed by atoms with Gasteiger partial charge in [0.15, 0.2) is 6.10 Å². The van der Waals surface area contributed by atoms with Crippen molar-refractivity contribution in [3.05, 3.63) is 59.9 Å². The molecule has 1 fully saturated rings. The number of rotatable bonds is 6. The molecule has 1 N–H and O–H groups in total. The van der Waals surface area contributed by atoms with Gasteiger partial charge in [-0.15, -0.1) is 0 Å². The molecule has 0 bridgehead atoms. The summed E-state index contributed by atoms with van der Waals surface area (Å²) < 4.78 is 50.0. The quantitative estimate of drug-likeness (QED) is 0.696. The molecule has 3 rings (SSSR count). The molecule has 0 radical (unpaired) electrons. The fourth-order valence-corrected chi connectivity index (χ4v) is 4.20. The van der Waals surface area contributed by atoms with E-state index in [0.29, 0.717) is 18.9 Å². The summed E-state index contributed by atoms with van der Waals surface area (Å²) in [7, 11) is -3.63. The summed E-state index contributed by atoms with van der Waals surface area (Å²) in [5.41, 5.74) is 0.335. The Balaban J connectivity index is 1.60. The Morgan fingerprint density at radius 3 is 2.43 bits per heavy atom. The molecule has 160 valence electrons. The van der Waals surface area contributed by atoms with Crippen molar-refractivity contribution in [2.75, 3.05) is 31.6 Å². The highest BCUT2D eigenvalue weighted by Gasteiger charge is 2.26. The summed E-state index contributed by atoms with van der Waals surface area (Å²) in [4.78, 5) is 24.4. The van der Waals surface area contributed by atoms with Gasteiger partial charge in [0, 0.05) is 18.8 Å². The molecule has 1 heterocycles. The smallest absolute Gasteiger partial charge is 0.339 e. The van der Waals surface area contributed by atoms with E-state index in [1.165, 1.54) is 53.7 Å². The second-order valence-electron chi connectivity index (χ2n) is 6.59. The fourth-order valence-electron chi connectivity index (χ4n) is 2.79. The van der Waals surface area contributed by atoms with Gasteiger partial charge in [-0.1, -0.05) is 6.07 Å². The van der Waals surface area contributed by atoms with Gasteiger partial charge in [0.05, 0.1) is 23.7 Å². The molecular formula is C20H21FN2O6S. The summed E-state index contributed by atoms with van der Waals surface area (Å²) in [6.45, 7) is 2.65. The first-order chi connectivity index (χ1) is 14.3. The summed E-state index contributed by atoms with van der Waals surface area (Å²) in [6, 6.07) is 10.6. The van der Waals surface area contributed by atoms with Crippen molar-refractivity contribution in [3.8, 4) is 0 Å². The van der Waals surface area contributed by atoms with Crippen LogP contribution in [0, 0.1) is 5.82 Å². The molecule has 8 nitrogen and oxygen atoms in total. The van der Waals surface area contributed by atoms with Crippen LogP contribution >= 0.6 is 0 Å². The fraction of sp³-hybridized carbons (Fsp3) is 0.300. The van der Waals surface area contributed by atoms with Gasteiger partial charge < -0.3 is 14.8 Å². The second kappa shape index (κ2) is 9.33. The number of halogens is 1. The van der Waals surface area contributed by atoms with Crippen molar-refractivity contribution in [3.63, 3.8) is 0 Å². The SMILES string of the molecule is CC(OC(=O)c1cccc(F)c1)C(=O)Nc1ccc(S(=O)(=O)N2CCOCC2)cc1. The van der Waals surface area contributed by atoms with Crippen molar-refractivity contribution in [1.29, 1.82) is 0 Å². The Hall–Kier alpha value is -2.82. The molecule has 0 aromatic heterocycles. The number of carbonyl (C=O) groups excluding carboxylic acids is 2. The van der Waals surface area contributed by atoms with Crippen LogP contribution in [0.4, 0.5) is 10.1 Å². The Bertz CT molecular complexity index is 1020. The lowest BCUT2D eigenvalue weighted by atomic mass is 10.2. The van der Waals surface area contributed by atoms with E-state index in [1.54, 1.807) is 0 Å². The van der Waals surface area contributed by atoms with E-state index in [2.05, 4.69) is 5.32 Å². The summed E-state index contributed by atoms with van der Waals surface area (Å²) in [5, 5.41) is 2.55. The van der Waals surface area contributed by atoms with Crippen molar-refractivity contribution in [1.82, 2.24) is 4.31 Å². The summed E-state index contributed by atoms with van der Waals surface area (Å²) in [5.74, 6) is -2.03. The molecule has 1 saturated heterocycles. The first kappa shape index (κ1) is 21.9. The maximum absolute atomic E-state index is 13.2. The van der Waals surface area contributed by atoms with Gasteiger partial charge in [-0.25, -0.2) is 17.6 Å². The zero-order valence-corrected chi connectivity index (χ0v) is 17.0. The van der Waals surface area contributed by atoms with Gasteiger partial charge in [0.1, 0.15) is 5.82 Å². The van der Waals surface area contributed by atoms with Crippen molar-refractivity contribution in [2.24, 2.45) is 0 Å². The maximum Gasteiger partial charge on any atom is 0.339 e. The van der Waals surface area contributed by atoms with E-state index < -0.39 is 33.8 Å². The third-order valence-electron chi connectivity index (χ3n) is 4.44. The molecule has 0 saturated carbocycles. The molecular weight excluding hydrogens is 415 g/mol. The Morgan fingerprint density at radius 1 is 1.13 bits per heavy atom. The minimum atomic E-state index is -3.63. The van der Waals surface area contributed by atoms with Crippen LogP contribution in [0.5, 0.6) is 0 Å². The molecule has 1 atom stereocenters. The standard InChI is InChI=1S/C20H21FN2O6S/c1-14(29-20(25)15-3-2-4-16(21)13-15)19(24)22-17-5-7-18(8-6-17)30(26,27)23-9-11-28-12-10-23/h2-8,13-14H,9-12H2,1H3,(H,22,24). The molecule has 1 aliphatic heterocycles. The van der Waals surface area contributed by atoms with Crippen LogP contribution in [0.2, 0.25) is 0 Å². The van der Waals surface area contributed by atoms with E-state index >= 15 is 0 Å². The predicted molar refractivity (Wildman–Crippen MR) is 106 cm³/mol. The highest BCUT2D eigenvalue weighted by atomic mass is 32.2. The van der Waals surface area contributed by atoms with Crippen LogP contribution in [-0.4, -0.2) is 57.0 Å². The lowest BCUT2D eigenvalue weighted by Gasteiger charge is -2.26.